The number of cyclic esters (lactones) is 1. The summed E-state index contributed by atoms with van der Waals surface area (Å²) in [6.07, 6.45) is 8.01. The minimum Gasteiger partial charge on any atom is -0.442 e. The Labute approximate surface area is 153 Å². The minimum absolute atomic E-state index is 0.331. The van der Waals surface area contributed by atoms with E-state index in [1.165, 1.54) is 11.0 Å². The first kappa shape index (κ1) is 16.6. The first-order chi connectivity index (χ1) is 12.7. The van der Waals surface area contributed by atoms with Gasteiger partial charge in [-0.2, -0.15) is 0 Å². The molecule has 2 aromatic rings. The Morgan fingerprint density at radius 2 is 2.27 bits per heavy atom. The molecule has 0 radical (unpaired) electrons. The number of hydrogen-bond donors (Lipinski definition) is 0. The first-order valence-corrected chi connectivity index (χ1v) is 9.10. The molecule has 134 valence electrons. The number of hydrogen-bond acceptors (Lipinski definition) is 6. The lowest BCUT2D eigenvalue weighted by Crippen LogP contribution is -2.26. The predicted molar refractivity (Wildman–Crippen MR) is 97.3 cm³/mol. The number of nitrogens with zero attached hydrogens (tertiary/aromatic N) is 5. The third-order valence-electron chi connectivity index (χ3n) is 4.03. The van der Waals surface area contributed by atoms with Crippen LogP contribution in [0, 0.1) is 5.82 Å². The van der Waals surface area contributed by atoms with Crippen LogP contribution < -0.4 is 9.80 Å². The van der Waals surface area contributed by atoms with E-state index < -0.39 is 11.9 Å². The van der Waals surface area contributed by atoms with Crippen LogP contribution >= 0.6 is 11.8 Å². The van der Waals surface area contributed by atoms with Crippen molar-refractivity contribution in [2.75, 3.05) is 22.1 Å². The highest BCUT2D eigenvalue weighted by Gasteiger charge is 2.33. The zero-order valence-corrected chi connectivity index (χ0v) is 14.6. The maximum atomic E-state index is 14.6. The van der Waals surface area contributed by atoms with Gasteiger partial charge in [-0.15, -0.1) is 16.9 Å². The molecule has 4 rings (SSSR count). The van der Waals surface area contributed by atoms with Crippen LogP contribution in [0.2, 0.25) is 0 Å². The van der Waals surface area contributed by atoms with Crippen LogP contribution in [0.5, 0.6) is 0 Å². The number of thioether (sulfide) groups is 1. The van der Waals surface area contributed by atoms with Gasteiger partial charge >= 0.3 is 6.09 Å². The summed E-state index contributed by atoms with van der Waals surface area (Å²) in [5.41, 5.74) is 0.893. The zero-order valence-electron chi connectivity index (χ0n) is 13.7. The lowest BCUT2D eigenvalue weighted by atomic mass is 10.2. The summed E-state index contributed by atoms with van der Waals surface area (Å²) in [5, 5.41) is 9.51. The van der Waals surface area contributed by atoms with Crippen molar-refractivity contribution < 1.29 is 13.9 Å². The van der Waals surface area contributed by atoms with E-state index >= 15 is 0 Å². The van der Waals surface area contributed by atoms with Gasteiger partial charge in [0.2, 0.25) is 0 Å². The zero-order chi connectivity index (χ0) is 17.9. The van der Waals surface area contributed by atoms with Crippen LogP contribution in [-0.2, 0) is 11.3 Å². The van der Waals surface area contributed by atoms with Crippen molar-refractivity contribution in [1.29, 1.82) is 0 Å². The van der Waals surface area contributed by atoms with Gasteiger partial charge in [-0.1, -0.05) is 11.3 Å². The Bertz CT molecular complexity index is 841. The van der Waals surface area contributed by atoms with E-state index in [-0.39, 0.29) is 6.10 Å². The van der Waals surface area contributed by atoms with Gasteiger partial charge in [-0.25, -0.2) is 13.9 Å². The standard InChI is InChI=1S/C17H16FN5O2S/c18-15-10-13(2-3-16(15)21-5-1-8-26-9-7-21)23-12-14(25-17(23)24)11-22-6-4-19-20-22/h1-7,9-10,14H,8,11-12H2/t14-/m0/s1. The number of carbonyl (C=O) groups excluding carboxylic acids is 1. The Morgan fingerprint density at radius 3 is 3.08 bits per heavy atom. The third-order valence-corrected chi connectivity index (χ3v) is 4.73. The van der Waals surface area contributed by atoms with Gasteiger partial charge in [-0.3, -0.25) is 4.90 Å². The van der Waals surface area contributed by atoms with Crippen LogP contribution in [0.3, 0.4) is 0 Å². The van der Waals surface area contributed by atoms with Crippen molar-refractivity contribution in [3.63, 3.8) is 0 Å². The van der Waals surface area contributed by atoms with E-state index in [4.69, 9.17) is 4.74 Å². The fourth-order valence-corrected chi connectivity index (χ4v) is 3.35. The summed E-state index contributed by atoms with van der Waals surface area (Å²) in [6.45, 7) is 0.738. The van der Waals surface area contributed by atoms with Gasteiger partial charge in [0, 0.05) is 24.3 Å². The van der Waals surface area contributed by atoms with Crippen LogP contribution in [0.15, 0.2) is 54.5 Å². The van der Waals surface area contributed by atoms with Gasteiger partial charge in [0.25, 0.3) is 0 Å². The monoisotopic (exact) mass is 373 g/mol. The largest absolute Gasteiger partial charge is 0.442 e. The number of halogens is 1. The second kappa shape index (κ2) is 7.20. The maximum absolute atomic E-state index is 14.6. The molecule has 1 saturated heterocycles. The molecule has 0 spiro atoms. The summed E-state index contributed by atoms with van der Waals surface area (Å²) in [4.78, 5) is 15.3. The number of rotatable bonds is 4. The summed E-state index contributed by atoms with van der Waals surface area (Å²) >= 11 is 1.63. The van der Waals surface area contributed by atoms with Crippen molar-refractivity contribution >= 4 is 29.2 Å². The maximum Gasteiger partial charge on any atom is 0.414 e. The average Bonchev–Trinajstić information content (AvgIpc) is 3.17. The number of anilines is 2. The van der Waals surface area contributed by atoms with E-state index in [9.17, 15) is 9.18 Å². The van der Waals surface area contributed by atoms with Gasteiger partial charge in [-0.05, 0) is 23.6 Å². The minimum atomic E-state index is -0.492. The van der Waals surface area contributed by atoms with Crippen LogP contribution in [0.1, 0.15) is 0 Å². The van der Waals surface area contributed by atoms with Crippen LogP contribution in [0.4, 0.5) is 20.6 Å². The Hall–Kier alpha value is -2.81. The first-order valence-electron chi connectivity index (χ1n) is 8.06. The molecule has 0 aliphatic carbocycles. The van der Waals surface area contributed by atoms with Crippen molar-refractivity contribution in [2.24, 2.45) is 0 Å². The molecule has 3 heterocycles. The van der Waals surface area contributed by atoms with Crippen LogP contribution in [-0.4, -0.2) is 39.5 Å². The third kappa shape index (κ3) is 3.43. The molecule has 9 heteroatoms. The molecule has 26 heavy (non-hydrogen) atoms. The second-order valence-corrected chi connectivity index (χ2v) is 6.73. The number of amides is 1. The molecular weight excluding hydrogens is 357 g/mol. The van der Waals surface area contributed by atoms with Gasteiger partial charge in [0.15, 0.2) is 0 Å². The molecular formula is C17H16FN5O2S. The molecule has 1 atom stereocenters. The van der Waals surface area contributed by atoms with Crippen LogP contribution in [0.25, 0.3) is 0 Å². The molecule has 1 fully saturated rings. The van der Waals surface area contributed by atoms with E-state index in [0.29, 0.717) is 24.5 Å². The number of aromatic nitrogens is 3. The van der Waals surface area contributed by atoms with E-state index in [1.807, 2.05) is 23.9 Å². The number of ether oxygens (including phenoxy) is 1. The van der Waals surface area contributed by atoms with E-state index in [1.54, 1.807) is 45.9 Å². The number of carbonyl (C=O) groups is 1. The van der Waals surface area contributed by atoms with Crippen molar-refractivity contribution in [1.82, 2.24) is 15.0 Å². The van der Waals surface area contributed by atoms with E-state index in [2.05, 4.69) is 10.3 Å². The highest BCUT2D eigenvalue weighted by Crippen LogP contribution is 2.29. The molecule has 0 N–H and O–H groups in total. The van der Waals surface area contributed by atoms with Gasteiger partial charge in [0.1, 0.15) is 11.9 Å². The molecule has 2 aliphatic heterocycles. The summed E-state index contributed by atoms with van der Waals surface area (Å²) in [7, 11) is 0. The molecule has 2 aliphatic rings. The molecule has 1 aromatic carbocycles. The van der Waals surface area contributed by atoms with Crippen molar-refractivity contribution in [3.8, 4) is 0 Å². The lowest BCUT2D eigenvalue weighted by Gasteiger charge is -2.18. The summed E-state index contributed by atoms with van der Waals surface area (Å²) in [6, 6.07) is 4.73. The average molecular weight is 373 g/mol. The summed E-state index contributed by atoms with van der Waals surface area (Å²) < 4.78 is 21.6. The quantitative estimate of drug-likeness (QED) is 0.821. The Kier molecular flexibility index (Phi) is 4.61. The Balaban J connectivity index is 1.51. The summed E-state index contributed by atoms with van der Waals surface area (Å²) in [5.74, 6) is 0.440. The highest BCUT2D eigenvalue weighted by atomic mass is 32.2. The molecule has 1 amide bonds. The second-order valence-electron chi connectivity index (χ2n) is 5.79. The van der Waals surface area contributed by atoms with Crippen molar-refractivity contribution in [3.05, 3.63) is 60.3 Å². The normalized spacial score (nSPS) is 19.7. The smallest absolute Gasteiger partial charge is 0.414 e. The molecule has 0 unspecified atom stereocenters. The van der Waals surface area contributed by atoms with Gasteiger partial charge in [0.05, 0.1) is 30.7 Å². The fraction of sp³-hybridized carbons (Fsp3) is 0.235. The van der Waals surface area contributed by atoms with Gasteiger partial charge < -0.3 is 9.64 Å². The van der Waals surface area contributed by atoms with E-state index in [0.717, 1.165) is 5.75 Å². The predicted octanol–water partition coefficient (Wildman–Crippen LogP) is 2.98. The topological polar surface area (TPSA) is 63.5 Å². The number of benzene rings is 1. The molecule has 0 bridgehead atoms. The van der Waals surface area contributed by atoms with Crippen molar-refractivity contribution in [2.45, 2.75) is 12.6 Å². The molecule has 7 nitrogen and oxygen atoms in total. The molecule has 0 saturated carbocycles. The molecule has 1 aromatic heterocycles. The lowest BCUT2D eigenvalue weighted by molar-refractivity contribution is 0.129. The SMILES string of the molecule is O=C1O[C@@H](Cn2ccnn2)CN1c1ccc(N2C=CCSC=C2)c(F)c1. The highest BCUT2D eigenvalue weighted by molar-refractivity contribution is 8.02. The fourth-order valence-electron chi connectivity index (χ4n) is 2.83. The Morgan fingerprint density at radius 1 is 1.35 bits per heavy atom.